The summed E-state index contributed by atoms with van der Waals surface area (Å²) < 4.78 is 5.48. The van der Waals surface area contributed by atoms with Crippen molar-refractivity contribution in [3.8, 4) is 11.4 Å². The summed E-state index contributed by atoms with van der Waals surface area (Å²) in [6.45, 7) is 2.66. The Morgan fingerprint density at radius 3 is 2.94 bits per heavy atom. The molecule has 5 aliphatic rings. The lowest BCUT2D eigenvalue weighted by molar-refractivity contribution is 0.0688. The number of carbonyl (C=O) groups excluding carboxylic acids is 1. The summed E-state index contributed by atoms with van der Waals surface area (Å²) in [5.41, 5.74) is 6.42. The maximum atomic E-state index is 12.9. The Bertz CT molecular complexity index is 1160. The molecule has 1 saturated carbocycles. The third-order valence-electron chi connectivity index (χ3n) is 8.25. The smallest absolute Gasteiger partial charge is 0.253 e. The summed E-state index contributed by atoms with van der Waals surface area (Å²) in [4.78, 5) is 28.8. The van der Waals surface area contributed by atoms with Crippen molar-refractivity contribution in [1.82, 2.24) is 25.2 Å². The third kappa shape index (κ3) is 2.35. The molecule has 3 aliphatic carbocycles. The monoisotopic (exact) mass is 417 g/mol. The predicted molar refractivity (Wildman–Crippen MR) is 115 cm³/mol. The van der Waals surface area contributed by atoms with Crippen LogP contribution in [0, 0.1) is 11.8 Å². The van der Waals surface area contributed by atoms with Crippen molar-refractivity contribution >= 4 is 5.91 Å². The number of allylic oxidation sites excluding steroid dienone is 2. The number of hydrogen-bond acceptors (Lipinski definition) is 5. The van der Waals surface area contributed by atoms with E-state index in [-0.39, 0.29) is 11.3 Å². The molecule has 3 atom stereocenters. The van der Waals surface area contributed by atoms with Gasteiger partial charge in [0.2, 0.25) is 0 Å². The number of likely N-dealkylation sites (N-methyl/N-ethyl adjacent to an activating group) is 1. The highest BCUT2D eigenvalue weighted by atomic mass is 16.5. The number of rotatable bonds is 2. The molecule has 1 saturated heterocycles. The molecule has 2 N–H and O–H groups in total. The van der Waals surface area contributed by atoms with Gasteiger partial charge in [0.25, 0.3) is 5.91 Å². The summed E-state index contributed by atoms with van der Waals surface area (Å²) >= 11 is 0. The first-order chi connectivity index (χ1) is 15.1. The van der Waals surface area contributed by atoms with Gasteiger partial charge in [0.1, 0.15) is 5.82 Å². The predicted octanol–water partition coefficient (Wildman–Crippen LogP) is 2.15. The Morgan fingerprint density at radius 2 is 2.13 bits per heavy atom. The number of aromatic nitrogens is 3. The van der Waals surface area contributed by atoms with Gasteiger partial charge in [0.05, 0.1) is 35.2 Å². The molecule has 1 amide bonds. The minimum absolute atomic E-state index is 0.0120. The van der Waals surface area contributed by atoms with Crippen LogP contribution >= 0.6 is 0 Å². The first-order valence-electron chi connectivity index (χ1n) is 11.4. The molecular formula is C24H27N5O2. The minimum Gasteiger partial charge on any atom is -0.501 e. The SMILES string of the molecule is COC1=CC2C(CC1)C2c1ncc2c(n1)-c1[nH]c3c(c1CC2)C(=O)NCC31CN(C)C1. The van der Waals surface area contributed by atoms with E-state index in [2.05, 4.69) is 28.3 Å². The fourth-order valence-corrected chi connectivity index (χ4v) is 6.70. The van der Waals surface area contributed by atoms with E-state index < -0.39 is 0 Å². The topological polar surface area (TPSA) is 83.1 Å². The number of methoxy groups -OCH3 is 1. The van der Waals surface area contributed by atoms with Crippen molar-refractivity contribution in [3.63, 3.8) is 0 Å². The van der Waals surface area contributed by atoms with Crippen LogP contribution in [0.15, 0.2) is 18.0 Å². The second-order valence-electron chi connectivity index (χ2n) is 10.1. The van der Waals surface area contributed by atoms with Gasteiger partial charge in [-0.15, -0.1) is 0 Å². The zero-order valence-corrected chi connectivity index (χ0v) is 18.0. The number of aromatic amines is 1. The molecular weight excluding hydrogens is 390 g/mol. The van der Waals surface area contributed by atoms with Crippen molar-refractivity contribution in [3.05, 3.63) is 46.2 Å². The van der Waals surface area contributed by atoms with Gasteiger partial charge >= 0.3 is 0 Å². The van der Waals surface area contributed by atoms with Crippen molar-refractivity contribution in [2.24, 2.45) is 11.8 Å². The number of nitrogens with one attached hydrogen (secondary N) is 2. The summed E-state index contributed by atoms with van der Waals surface area (Å²) in [6, 6.07) is 0. The fourth-order valence-electron chi connectivity index (χ4n) is 6.70. The van der Waals surface area contributed by atoms with Crippen molar-refractivity contribution in [2.45, 2.75) is 37.0 Å². The first kappa shape index (κ1) is 18.0. The van der Waals surface area contributed by atoms with E-state index in [0.717, 1.165) is 78.6 Å². The highest BCUT2D eigenvalue weighted by Crippen LogP contribution is 2.59. The number of amides is 1. The molecule has 0 bridgehead atoms. The van der Waals surface area contributed by atoms with Gasteiger partial charge in [-0.25, -0.2) is 9.97 Å². The molecule has 3 unspecified atom stereocenters. The Labute approximate surface area is 181 Å². The van der Waals surface area contributed by atoms with Crippen LogP contribution in [0.1, 0.15) is 51.8 Å². The van der Waals surface area contributed by atoms with Gasteiger partial charge < -0.3 is 19.9 Å². The fraction of sp³-hybridized carbons (Fsp3) is 0.542. The lowest BCUT2D eigenvalue weighted by Gasteiger charge is -2.50. The maximum Gasteiger partial charge on any atom is 0.253 e. The molecule has 0 aromatic carbocycles. The number of nitrogens with zero attached hydrogens (tertiary/aromatic N) is 3. The van der Waals surface area contributed by atoms with Crippen LogP contribution in [0.4, 0.5) is 0 Å². The third-order valence-corrected chi connectivity index (χ3v) is 8.25. The minimum atomic E-state index is 0.0120. The molecule has 160 valence electrons. The molecule has 2 aromatic heterocycles. The van der Waals surface area contributed by atoms with Gasteiger partial charge in [-0.2, -0.15) is 0 Å². The highest BCUT2D eigenvalue weighted by molar-refractivity contribution is 6.01. The lowest BCUT2D eigenvalue weighted by atomic mass is 9.73. The van der Waals surface area contributed by atoms with Crippen LogP contribution in [-0.2, 0) is 23.0 Å². The van der Waals surface area contributed by atoms with E-state index in [1.165, 1.54) is 5.56 Å². The lowest BCUT2D eigenvalue weighted by Crippen LogP contribution is -2.65. The molecule has 2 aliphatic heterocycles. The van der Waals surface area contributed by atoms with Crippen LogP contribution in [-0.4, -0.2) is 59.6 Å². The molecule has 2 aromatic rings. The standard InChI is InChI=1S/C24H27N5O2/c1-29-10-24(11-29)9-26-23(30)18-15-5-3-12-8-25-22(28-19(12)20(15)27-21(18)24)17-14-6-4-13(31-2)7-16(14)17/h7-8,14,16-17,27H,3-6,9-11H2,1-2H3,(H,26,30). The van der Waals surface area contributed by atoms with Gasteiger partial charge in [-0.1, -0.05) is 0 Å². The normalized spacial score (nSPS) is 29.7. The van der Waals surface area contributed by atoms with Crippen molar-refractivity contribution < 1.29 is 9.53 Å². The Morgan fingerprint density at radius 1 is 1.26 bits per heavy atom. The van der Waals surface area contributed by atoms with Crippen LogP contribution in [0.5, 0.6) is 0 Å². The molecule has 1 spiro atoms. The summed E-state index contributed by atoms with van der Waals surface area (Å²) in [5, 5.41) is 3.16. The average Bonchev–Trinajstić information content (AvgIpc) is 3.33. The number of aryl methyl sites for hydroxylation is 1. The number of carbonyl (C=O) groups is 1. The molecule has 31 heavy (non-hydrogen) atoms. The van der Waals surface area contributed by atoms with Crippen LogP contribution < -0.4 is 5.32 Å². The van der Waals surface area contributed by atoms with E-state index in [9.17, 15) is 4.79 Å². The molecule has 0 radical (unpaired) electrons. The number of fused-ring (bicyclic) bond motifs is 7. The van der Waals surface area contributed by atoms with Crippen LogP contribution in [0.25, 0.3) is 11.4 Å². The maximum absolute atomic E-state index is 12.9. The van der Waals surface area contributed by atoms with E-state index >= 15 is 0 Å². The Hall–Kier alpha value is -2.67. The molecule has 4 heterocycles. The Kier molecular flexibility index (Phi) is 3.46. The second kappa shape index (κ2) is 5.97. The summed E-state index contributed by atoms with van der Waals surface area (Å²) in [5.74, 6) is 3.64. The summed E-state index contributed by atoms with van der Waals surface area (Å²) in [7, 11) is 3.90. The van der Waals surface area contributed by atoms with E-state index in [4.69, 9.17) is 14.7 Å². The highest BCUT2D eigenvalue weighted by Gasteiger charge is 2.53. The second-order valence-corrected chi connectivity index (χ2v) is 10.1. The van der Waals surface area contributed by atoms with Crippen molar-refractivity contribution in [2.75, 3.05) is 33.8 Å². The molecule has 7 heteroatoms. The van der Waals surface area contributed by atoms with E-state index in [1.54, 1.807) is 7.11 Å². The first-order valence-corrected chi connectivity index (χ1v) is 11.4. The number of H-pyrrole nitrogens is 1. The molecule has 2 fully saturated rings. The number of hydrogen-bond donors (Lipinski definition) is 2. The largest absolute Gasteiger partial charge is 0.501 e. The van der Waals surface area contributed by atoms with Gasteiger partial charge in [-0.3, -0.25) is 4.79 Å². The zero-order chi connectivity index (χ0) is 20.9. The van der Waals surface area contributed by atoms with Crippen LogP contribution in [0.3, 0.4) is 0 Å². The van der Waals surface area contributed by atoms with E-state index in [0.29, 0.717) is 24.3 Å². The Balaban J connectivity index is 1.31. The van der Waals surface area contributed by atoms with Gasteiger partial charge in [-0.05, 0) is 55.3 Å². The van der Waals surface area contributed by atoms with Gasteiger partial charge in [0.15, 0.2) is 0 Å². The van der Waals surface area contributed by atoms with Crippen LogP contribution in [0.2, 0.25) is 0 Å². The molecule has 7 nitrogen and oxygen atoms in total. The van der Waals surface area contributed by atoms with Crippen molar-refractivity contribution in [1.29, 1.82) is 0 Å². The number of likely N-dealkylation sites (tertiary alicyclic amines) is 1. The van der Waals surface area contributed by atoms with Gasteiger partial charge in [0, 0.05) is 43.9 Å². The van der Waals surface area contributed by atoms with E-state index in [1.807, 2.05) is 6.20 Å². The zero-order valence-electron chi connectivity index (χ0n) is 18.0. The summed E-state index contributed by atoms with van der Waals surface area (Å²) in [6.07, 6.45) is 8.22. The average molecular weight is 418 g/mol. The molecule has 7 rings (SSSR count). The number of ether oxygens (including phenoxy) is 1. The quantitative estimate of drug-likeness (QED) is 0.782.